The summed E-state index contributed by atoms with van der Waals surface area (Å²) in [6, 6.07) is 0. The molecule has 0 bridgehead atoms. The van der Waals surface area contributed by atoms with Gasteiger partial charge in [0.05, 0.1) is 0 Å². The second kappa shape index (κ2) is 2.35. The lowest BCUT2D eigenvalue weighted by Crippen LogP contribution is -2.48. The lowest BCUT2D eigenvalue weighted by atomic mass is 10.5. The smallest absolute Gasteiger partial charge is 0.310 e. The number of rotatable bonds is 0. The Labute approximate surface area is 74.9 Å². The van der Waals surface area contributed by atoms with Gasteiger partial charge < -0.3 is 8.37 Å². The Balaban J connectivity index is 3.45. The second-order valence-electron chi connectivity index (χ2n) is 2.72. The van der Waals surface area contributed by atoms with Crippen LogP contribution in [0.1, 0.15) is 13.8 Å². The highest BCUT2D eigenvalue weighted by molar-refractivity contribution is 8.07. The Morgan fingerprint density at radius 2 is 1.31 bits per heavy atom. The molecular weight excluding hydrogens is 224 g/mol. The summed E-state index contributed by atoms with van der Waals surface area (Å²) in [5, 5.41) is 0. The van der Waals surface area contributed by atoms with E-state index in [1.165, 1.54) is 0 Å². The van der Waals surface area contributed by atoms with Crippen LogP contribution < -0.4 is 0 Å². The third kappa shape index (κ3) is 1.27. The standard InChI is InChI=1S/C4H6O7S2/c1-4(2)12(6,7)10-3(5)11-13(4,8)9/h1-2H3. The van der Waals surface area contributed by atoms with E-state index in [-0.39, 0.29) is 0 Å². The summed E-state index contributed by atoms with van der Waals surface area (Å²) in [7, 11) is -8.96. The van der Waals surface area contributed by atoms with E-state index in [1.54, 1.807) is 0 Å². The fraction of sp³-hybridized carbons (Fsp3) is 0.750. The van der Waals surface area contributed by atoms with Crippen molar-refractivity contribution >= 4 is 26.4 Å². The molecule has 0 radical (unpaired) electrons. The van der Waals surface area contributed by atoms with Crippen molar-refractivity contribution in [1.29, 1.82) is 0 Å². The number of hydrogen-bond donors (Lipinski definition) is 0. The highest BCUT2D eigenvalue weighted by Gasteiger charge is 2.56. The first-order valence-corrected chi connectivity index (χ1v) is 5.84. The van der Waals surface area contributed by atoms with E-state index in [4.69, 9.17) is 0 Å². The Bertz CT molecular complexity index is 399. The summed E-state index contributed by atoms with van der Waals surface area (Å²) in [6.45, 7) is 1.73. The lowest BCUT2D eigenvalue weighted by molar-refractivity contribution is 0.149. The van der Waals surface area contributed by atoms with Crippen molar-refractivity contribution in [3.63, 3.8) is 0 Å². The van der Waals surface area contributed by atoms with Gasteiger partial charge in [0.1, 0.15) is 0 Å². The molecule has 0 atom stereocenters. The molecule has 13 heavy (non-hydrogen) atoms. The highest BCUT2D eigenvalue weighted by atomic mass is 32.3. The van der Waals surface area contributed by atoms with Gasteiger partial charge in [0, 0.05) is 0 Å². The van der Waals surface area contributed by atoms with Gasteiger partial charge in [-0.25, -0.2) is 4.79 Å². The summed E-state index contributed by atoms with van der Waals surface area (Å²) in [6.07, 6.45) is -1.75. The van der Waals surface area contributed by atoms with Crippen LogP contribution in [0.4, 0.5) is 4.79 Å². The van der Waals surface area contributed by atoms with Crippen molar-refractivity contribution in [2.75, 3.05) is 0 Å². The van der Waals surface area contributed by atoms with Crippen LogP contribution >= 0.6 is 0 Å². The molecule has 1 fully saturated rings. The van der Waals surface area contributed by atoms with Gasteiger partial charge in [-0.05, 0) is 13.8 Å². The van der Waals surface area contributed by atoms with Crippen LogP contribution in [0.2, 0.25) is 0 Å². The molecule has 0 unspecified atom stereocenters. The molecule has 1 aliphatic rings. The third-order valence-electron chi connectivity index (χ3n) is 1.56. The molecule has 0 N–H and O–H groups in total. The number of carbonyl (C=O) groups is 1. The molecule has 1 rings (SSSR count). The molecule has 0 spiro atoms. The van der Waals surface area contributed by atoms with E-state index in [9.17, 15) is 21.6 Å². The van der Waals surface area contributed by atoms with Gasteiger partial charge in [0.15, 0.2) is 0 Å². The molecule has 9 heteroatoms. The molecule has 0 aliphatic carbocycles. The molecule has 0 aromatic carbocycles. The average Bonchev–Trinajstić information content (AvgIpc) is 1.80. The minimum atomic E-state index is -4.48. The van der Waals surface area contributed by atoms with Gasteiger partial charge in [-0.1, -0.05) is 0 Å². The van der Waals surface area contributed by atoms with Crippen LogP contribution in [0.15, 0.2) is 0 Å². The third-order valence-corrected chi connectivity index (χ3v) is 5.90. The Morgan fingerprint density at radius 1 is 1.00 bits per heavy atom. The first-order chi connectivity index (χ1) is 5.60. The van der Waals surface area contributed by atoms with Crippen LogP contribution in [0.3, 0.4) is 0 Å². The monoisotopic (exact) mass is 230 g/mol. The molecule has 1 heterocycles. The maximum Gasteiger partial charge on any atom is 0.540 e. The zero-order chi connectivity index (χ0) is 10.5. The highest BCUT2D eigenvalue weighted by Crippen LogP contribution is 2.31. The van der Waals surface area contributed by atoms with E-state index in [0.717, 1.165) is 13.8 Å². The molecule has 0 saturated carbocycles. The summed E-state index contributed by atoms with van der Waals surface area (Å²) in [4.78, 5) is 10.4. The summed E-state index contributed by atoms with van der Waals surface area (Å²) in [5.41, 5.74) is 0. The maximum atomic E-state index is 11.0. The van der Waals surface area contributed by atoms with Gasteiger partial charge in [0.2, 0.25) is 4.08 Å². The van der Waals surface area contributed by atoms with Crippen molar-refractivity contribution in [3.8, 4) is 0 Å². The molecule has 0 aromatic rings. The Morgan fingerprint density at radius 3 is 1.62 bits per heavy atom. The molecule has 1 aliphatic heterocycles. The molecule has 1 saturated heterocycles. The van der Waals surface area contributed by atoms with Crippen molar-refractivity contribution in [2.45, 2.75) is 17.9 Å². The maximum absolute atomic E-state index is 11.0. The minimum absolute atomic E-state index is 0.865. The summed E-state index contributed by atoms with van der Waals surface area (Å²) >= 11 is 0. The van der Waals surface area contributed by atoms with Crippen LogP contribution in [0, 0.1) is 0 Å². The molecule has 0 aromatic heterocycles. The van der Waals surface area contributed by atoms with E-state index in [0.29, 0.717) is 0 Å². The van der Waals surface area contributed by atoms with Crippen LogP contribution in [-0.4, -0.2) is 27.1 Å². The minimum Gasteiger partial charge on any atom is -0.310 e. The molecule has 7 nitrogen and oxygen atoms in total. The van der Waals surface area contributed by atoms with Crippen LogP contribution in [-0.2, 0) is 28.6 Å². The van der Waals surface area contributed by atoms with Crippen LogP contribution in [0.5, 0.6) is 0 Å². The van der Waals surface area contributed by atoms with Crippen molar-refractivity contribution in [1.82, 2.24) is 0 Å². The Hall–Kier alpha value is -0.830. The van der Waals surface area contributed by atoms with Gasteiger partial charge in [-0.2, -0.15) is 16.8 Å². The summed E-state index contributed by atoms with van der Waals surface area (Å²) in [5.74, 6) is 0. The van der Waals surface area contributed by atoms with E-state index >= 15 is 0 Å². The zero-order valence-corrected chi connectivity index (χ0v) is 8.31. The van der Waals surface area contributed by atoms with Gasteiger partial charge >= 0.3 is 26.4 Å². The summed E-state index contributed by atoms with van der Waals surface area (Å²) < 4.78 is 49.4. The first kappa shape index (κ1) is 10.3. The van der Waals surface area contributed by atoms with Crippen molar-refractivity contribution in [2.24, 2.45) is 0 Å². The van der Waals surface area contributed by atoms with Crippen LogP contribution in [0.25, 0.3) is 0 Å². The Kier molecular flexibility index (Phi) is 1.85. The predicted octanol–water partition coefficient (Wildman–Crippen LogP) is -0.451. The average molecular weight is 230 g/mol. The van der Waals surface area contributed by atoms with Gasteiger partial charge in [0.25, 0.3) is 0 Å². The van der Waals surface area contributed by atoms with Crippen molar-refractivity contribution in [3.05, 3.63) is 0 Å². The normalized spacial score (nSPS) is 28.6. The largest absolute Gasteiger partial charge is 0.540 e. The van der Waals surface area contributed by atoms with Gasteiger partial charge in [-0.3, -0.25) is 0 Å². The quantitative estimate of drug-likeness (QED) is 0.519. The van der Waals surface area contributed by atoms with E-state index in [1.807, 2.05) is 0 Å². The zero-order valence-electron chi connectivity index (χ0n) is 6.67. The molecule has 76 valence electrons. The first-order valence-electron chi connectivity index (χ1n) is 3.02. The lowest BCUT2D eigenvalue weighted by Gasteiger charge is -2.25. The van der Waals surface area contributed by atoms with Crippen molar-refractivity contribution < 1.29 is 30.0 Å². The number of carbonyl (C=O) groups excluding carboxylic acids is 1. The second-order valence-corrected chi connectivity index (χ2v) is 7.17. The molecular formula is C4H6O7S2. The van der Waals surface area contributed by atoms with E-state index in [2.05, 4.69) is 8.37 Å². The number of hydrogen-bond acceptors (Lipinski definition) is 7. The predicted molar refractivity (Wildman–Crippen MR) is 39.5 cm³/mol. The van der Waals surface area contributed by atoms with E-state index < -0.39 is 30.5 Å². The fourth-order valence-corrected chi connectivity index (χ4v) is 2.59. The molecule has 0 amide bonds. The van der Waals surface area contributed by atoms with Gasteiger partial charge in [-0.15, -0.1) is 0 Å². The fourth-order valence-electron chi connectivity index (χ4n) is 0.519. The topological polar surface area (TPSA) is 104 Å². The SMILES string of the molecule is CC1(C)S(=O)(=O)OC(=O)OS1(=O)=O.